The smallest absolute Gasteiger partial charge is 0.234 e. The van der Waals surface area contributed by atoms with E-state index in [1.807, 2.05) is 0 Å². The summed E-state index contributed by atoms with van der Waals surface area (Å²) in [6.07, 6.45) is -0.572. The number of carbonyl (C=O) groups is 2. The van der Waals surface area contributed by atoms with Crippen LogP contribution in [0, 0.1) is 11.6 Å². The topological polar surface area (TPSA) is 68.7 Å². The molecule has 28 heavy (non-hydrogen) atoms. The average Bonchev–Trinajstić information content (AvgIpc) is 2.62. The van der Waals surface area contributed by atoms with Crippen molar-refractivity contribution in [2.75, 3.05) is 19.1 Å². The summed E-state index contributed by atoms with van der Waals surface area (Å²) in [5.74, 6) is -4.26. The molecule has 0 aliphatic carbocycles. The lowest BCUT2D eigenvalue weighted by Crippen LogP contribution is -2.33. The van der Waals surface area contributed by atoms with Gasteiger partial charge in [-0.15, -0.1) is 0 Å². The monoisotopic (exact) mass is 432 g/mol. The maximum atomic E-state index is 14.9. The van der Waals surface area contributed by atoms with Gasteiger partial charge in [0.2, 0.25) is 5.91 Å². The molecule has 1 aromatic carbocycles. The van der Waals surface area contributed by atoms with Crippen LogP contribution in [0.2, 0.25) is 10.3 Å². The van der Waals surface area contributed by atoms with Crippen molar-refractivity contribution in [1.29, 1.82) is 0 Å². The number of methoxy groups -OCH3 is 2. The van der Waals surface area contributed by atoms with E-state index in [2.05, 4.69) is 4.98 Å². The number of hydrogen-bond acceptors (Lipinski definition) is 5. The highest BCUT2D eigenvalue weighted by atomic mass is 35.5. The Morgan fingerprint density at radius 2 is 1.68 bits per heavy atom. The van der Waals surface area contributed by atoms with E-state index in [9.17, 15) is 18.4 Å². The molecule has 1 aromatic heterocycles. The van der Waals surface area contributed by atoms with Gasteiger partial charge in [-0.05, 0) is 13.0 Å². The van der Waals surface area contributed by atoms with Crippen molar-refractivity contribution in [2.24, 2.45) is 0 Å². The van der Waals surface area contributed by atoms with Crippen LogP contribution in [0.3, 0.4) is 0 Å². The molecule has 0 fully saturated rings. The summed E-state index contributed by atoms with van der Waals surface area (Å²) in [5.41, 5.74) is -0.461. The largest absolute Gasteiger partial charge is 0.493 e. The highest BCUT2D eigenvalue weighted by molar-refractivity contribution is 6.32. The number of anilines is 1. The number of Topliss-reactive ketones (excluding diaryl/α,β-unsaturated/α-hetero) is 1. The third kappa shape index (κ3) is 4.69. The van der Waals surface area contributed by atoms with Gasteiger partial charge in [0.05, 0.1) is 27.2 Å². The van der Waals surface area contributed by atoms with Gasteiger partial charge in [-0.1, -0.05) is 29.3 Å². The van der Waals surface area contributed by atoms with Gasteiger partial charge in [0.25, 0.3) is 0 Å². The van der Waals surface area contributed by atoms with Crippen molar-refractivity contribution in [3.8, 4) is 11.5 Å². The zero-order valence-electron chi connectivity index (χ0n) is 15.2. The number of amides is 1. The van der Waals surface area contributed by atoms with Crippen LogP contribution < -0.4 is 14.4 Å². The maximum Gasteiger partial charge on any atom is 0.234 e. The number of ketones is 1. The summed E-state index contributed by atoms with van der Waals surface area (Å²) in [7, 11) is 2.36. The molecule has 0 saturated heterocycles. The number of pyridine rings is 1. The van der Waals surface area contributed by atoms with Gasteiger partial charge in [-0.2, -0.15) is 0 Å². The first-order valence-electron chi connectivity index (χ1n) is 7.90. The first-order chi connectivity index (χ1) is 13.2. The number of aromatic nitrogens is 1. The van der Waals surface area contributed by atoms with Crippen molar-refractivity contribution in [2.45, 2.75) is 19.9 Å². The Morgan fingerprint density at radius 3 is 2.14 bits per heavy atom. The second-order valence-electron chi connectivity index (χ2n) is 5.70. The summed E-state index contributed by atoms with van der Waals surface area (Å²) in [6, 6.07) is 3.88. The summed E-state index contributed by atoms with van der Waals surface area (Å²) in [6.45, 7) is 0.824. The fraction of sp³-hybridized carbons (Fsp3) is 0.278. The number of halogens is 4. The van der Waals surface area contributed by atoms with Crippen LogP contribution in [-0.2, 0) is 16.1 Å². The van der Waals surface area contributed by atoms with Crippen molar-refractivity contribution in [1.82, 2.24) is 4.98 Å². The Kier molecular flexibility index (Phi) is 7.15. The quantitative estimate of drug-likeness (QED) is 0.484. The summed E-state index contributed by atoms with van der Waals surface area (Å²) >= 11 is 11.8. The number of hydrogen-bond donors (Lipinski definition) is 0. The van der Waals surface area contributed by atoms with Gasteiger partial charge in [0.1, 0.15) is 21.8 Å². The van der Waals surface area contributed by atoms with Gasteiger partial charge in [-0.25, -0.2) is 13.8 Å². The Labute approximate surface area is 170 Å². The van der Waals surface area contributed by atoms with Gasteiger partial charge in [0.15, 0.2) is 23.1 Å². The summed E-state index contributed by atoms with van der Waals surface area (Å²) < 4.78 is 39.6. The number of rotatable bonds is 7. The van der Waals surface area contributed by atoms with E-state index in [4.69, 9.17) is 32.7 Å². The van der Waals surface area contributed by atoms with Crippen molar-refractivity contribution in [3.63, 3.8) is 0 Å². The molecule has 6 nitrogen and oxygen atoms in total. The molecule has 0 radical (unpaired) electrons. The predicted molar refractivity (Wildman–Crippen MR) is 100 cm³/mol. The predicted octanol–water partition coefficient (Wildman–Crippen LogP) is 4.20. The number of ether oxygens (including phenoxy) is 2. The lowest BCUT2D eigenvalue weighted by Gasteiger charge is -2.25. The van der Waals surface area contributed by atoms with E-state index >= 15 is 0 Å². The lowest BCUT2D eigenvalue weighted by molar-refractivity contribution is -0.125. The first-order valence-corrected chi connectivity index (χ1v) is 8.65. The molecule has 0 N–H and O–H groups in total. The molecule has 2 rings (SSSR count). The van der Waals surface area contributed by atoms with E-state index < -0.39 is 35.4 Å². The molecule has 1 amide bonds. The van der Waals surface area contributed by atoms with E-state index in [1.165, 1.54) is 33.3 Å². The fourth-order valence-corrected chi connectivity index (χ4v) is 2.84. The second kappa shape index (κ2) is 9.16. The van der Waals surface area contributed by atoms with Crippen LogP contribution in [0.4, 0.5) is 14.5 Å². The molecule has 0 atom stereocenters. The van der Waals surface area contributed by atoms with E-state index in [0.717, 1.165) is 11.0 Å². The number of benzene rings is 1. The molecule has 0 bridgehead atoms. The normalized spacial score (nSPS) is 10.5. The van der Waals surface area contributed by atoms with E-state index in [0.29, 0.717) is 0 Å². The average molecular weight is 433 g/mol. The molecule has 10 heteroatoms. The molecular weight excluding hydrogens is 417 g/mol. The maximum absolute atomic E-state index is 14.9. The standard InChI is InChI=1S/C18H16Cl2F2N2O4/c1-9(25)6-14(26)24(8-10-4-5-13(19)23-18(10)20)17-15(21)11(27-2)7-12(28-3)16(17)22/h4-5,7H,6,8H2,1-3H3. The summed E-state index contributed by atoms with van der Waals surface area (Å²) in [5, 5.41) is 0.0552. The van der Waals surface area contributed by atoms with Crippen LogP contribution in [0.1, 0.15) is 18.9 Å². The van der Waals surface area contributed by atoms with Crippen LogP contribution in [0.15, 0.2) is 18.2 Å². The lowest BCUT2D eigenvalue weighted by atomic mass is 10.1. The minimum Gasteiger partial charge on any atom is -0.493 e. The molecular formula is C18H16Cl2F2N2O4. The first kappa shape index (κ1) is 21.8. The Hall–Kier alpha value is -2.45. The molecule has 0 saturated carbocycles. The van der Waals surface area contributed by atoms with Crippen molar-refractivity contribution < 1.29 is 27.8 Å². The zero-order valence-corrected chi connectivity index (χ0v) is 16.7. The third-order valence-corrected chi connectivity index (χ3v) is 4.28. The summed E-state index contributed by atoms with van der Waals surface area (Å²) in [4.78, 5) is 28.7. The molecule has 0 aliphatic rings. The van der Waals surface area contributed by atoms with E-state index in [1.54, 1.807) is 0 Å². The van der Waals surface area contributed by atoms with Gasteiger partial charge in [-0.3, -0.25) is 9.59 Å². The SMILES string of the molecule is COc1cc(OC)c(F)c(N(Cc2ccc(Cl)nc2Cl)C(=O)CC(C)=O)c1F. The van der Waals surface area contributed by atoms with Gasteiger partial charge >= 0.3 is 0 Å². The van der Waals surface area contributed by atoms with Crippen LogP contribution in [0.25, 0.3) is 0 Å². The fourth-order valence-electron chi connectivity index (χ4n) is 2.44. The Bertz CT molecular complexity index is 897. The van der Waals surface area contributed by atoms with Crippen LogP contribution in [0.5, 0.6) is 11.5 Å². The number of carbonyl (C=O) groups excluding carboxylic acids is 2. The van der Waals surface area contributed by atoms with Crippen LogP contribution in [-0.4, -0.2) is 30.9 Å². The van der Waals surface area contributed by atoms with Crippen molar-refractivity contribution in [3.05, 3.63) is 45.7 Å². The highest BCUT2D eigenvalue weighted by Gasteiger charge is 2.29. The second-order valence-corrected chi connectivity index (χ2v) is 6.45. The van der Waals surface area contributed by atoms with E-state index in [-0.39, 0.29) is 33.9 Å². The van der Waals surface area contributed by atoms with Crippen LogP contribution >= 0.6 is 23.2 Å². The minimum atomic E-state index is -1.13. The van der Waals surface area contributed by atoms with Gasteiger partial charge < -0.3 is 14.4 Å². The van der Waals surface area contributed by atoms with Crippen molar-refractivity contribution >= 4 is 40.6 Å². The van der Waals surface area contributed by atoms with Gasteiger partial charge in [0, 0.05) is 11.6 Å². The molecule has 0 aliphatic heterocycles. The Morgan fingerprint density at radius 1 is 1.11 bits per heavy atom. The zero-order chi connectivity index (χ0) is 21.0. The minimum absolute atomic E-state index is 0.0520. The highest BCUT2D eigenvalue weighted by Crippen LogP contribution is 2.38. The molecule has 1 heterocycles. The third-order valence-electron chi connectivity index (χ3n) is 3.74. The molecule has 150 valence electrons. The molecule has 0 spiro atoms. The molecule has 0 unspecified atom stereocenters. The molecule has 2 aromatic rings. The Balaban J connectivity index is 2.65. The number of nitrogens with zero attached hydrogens (tertiary/aromatic N) is 2.